The van der Waals surface area contributed by atoms with E-state index in [1.807, 2.05) is 0 Å². The molecule has 0 amide bonds. The monoisotopic (exact) mass is 244 g/mol. The summed E-state index contributed by atoms with van der Waals surface area (Å²) >= 11 is 3.19. The molecule has 0 bridgehead atoms. The highest BCUT2D eigenvalue weighted by Gasteiger charge is 2.14. The number of ketones is 1. The number of carbonyl (C=O) groups is 1. The lowest BCUT2D eigenvalue weighted by Gasteiger charge is -2.07. The third-order valence-corrected chi connectivity index (χ3v) is 2.08. The van der Waals surface area contributed by atoms with Crippen molar-refractivity contribution in [1.29, 1.82) is 0 Å². The number of phenolic OH excluding ortho intramolecular Hbond substituents is 1. The molecule has 70 valence electrons. The Morgan fingerprint density at radius 3 is 2.62 bits per heavy atom. The van der Waals surface area contributed by atoms with Crippen molar-refractivity contribution in [3.05, 3.63) is 22.2 Å². The number of benzene rings is 1. The number of phenols is 1. The highest BCUT2D eigenvalue weighted by Crippen LogP contribution is 2.32. The van der Waals surface area contributed by atoms with Crippen molar-refractivity contribution in [2.24, 2.45) is 0 Å². The summed E-state index contributed by atoms with van der Waals surface area (Å²) in [4.78, 5) is 11.1. The second kappa shape index (κ2) is 3.79. The molecule has 4 heteroatoms. The topological polar surface area (TPSA) is 46.5 Å². The number of hydrogen-bond donors (Lipinski definition) is 1. The lowest BCUT2D eigenvalue weighted by atomic mass is 10.1. The van der Waals surface area contributed by atoms with Crippen LogP contribution in [-0.2, 0) is 0 Å². The first-order valence-electron chi connectivity index (χ1n) is 3.63. The van der Waals surface area contributed by atoms with E-state index in [2.05, 4.69) is 15.9 Å². The van der Waals surface area contributed by atoms with Crippen LogP contribution in [-0.4, -0.2) is 18.0 Å². The van der Waals surface area contributed by atoms with Crippen LogP contribution in [0.3, 0.4) is 0 Å². The molecular weight excluding hydrogens is 236 g/mol. The van der Waals surface area contributed by atoms with Crippen LogP contribution in [0.15, 0.2) is 16.6 Å². The summed E-state index contributed by atoms with van der Waals surface area (Å²) in [5, 5.41) is 9.44. The van der Waals surface area contributed by atoms with Crippen LogP contribution in [0.25, 0.3) is 0 Å². The van der Waals surface area contributed by atoms with Gasteiger partial charge in [0, 0.05) is 4.47 Å². The van der Waals surface area contributed by atoms with Gasteiger partial charge in [0.1, 0.15) is 17.1 Å². The number of ether oxygens (including phenoxy) is 1. The molecule has 0 radical (unpaired) electrons. The Bertz CT molecular complexity index is 347. The Labute approximate surface area is 84.5 Å². The molecule has 0 atom stereocenters. The lowest BCUT2D eigenvalue weighted by molar-refractivity contribution is 0.101. The summed E-state index contributed by atoms with van der Waals surface area (Å²) in [6.45, 7) is 1.38. The van der Waals surface area contributed by atoms with E-state index in [9.17, 15) is 9.90 Å². The van der Waals surface area contributed by atoms with Gasteiger partial charge < -0.3 is 9.84 Å². The molecule has 1 aromatic rings. The van der Waals surface area contributed by atoms with Gasteiger partial charge in [0.15, 0.2) is 5.78 Å². The average Bonchev–Trinajstić information content (AvgIpc) is 2.01. The number of aromatic hydroxyl groups is 1. The molecular formula is C9H9BrO3. The molecule has 0 fully saturated rings. The molecule has 0 spiro atoms. The average molecular weight is 245 g/mol. The zero-order valence-electron chi connectivity index (χ0n) is 7.30. The van der Waals surface area contributed by atoms with Crippen LogP contribution >= 0.6 is 15.9 Å². The maximum atomic E-state index is 11.1. The highest BCUT2D eigenvalue weighted by molar-refractivity contribution is 9.10. The molecule has 1 N–H and O–H groups in total. The Balaban J connectivity index is 3.38. The minimum Gasteiger partial charge on any atom is -0.507 e. The second-order valence-corrected chi connectivity index (χ2v) is 3.47. The normalized spacial score (nSPS) is 9.77. The third kappa shape index (κ3) is 2.01. The zero-order valence-corrected chi connectivity index (χ0v) is 8.88. The van der Waals surface area contributed by atoms with E-state index in [-0.39, 0.29) is 17.1 Å². The van der Waals surface area contributed by atoms with Crippen LogP contribution in [0.1, 0.15) is 17.3 Å². The quantitative estimate of drug-likeness (QED) is 0.813. The number of methoxy groups -OCH3 is 1. The van der Waals surface area contributed by atoms with E-state index in [0.29, 0.717) is 10.2 Å². The van der Waals surface area contributed by atoms with Crippen molar-refractivity contribution >= 4 is 21.7 Å². The fourth-order valence-electron chi connectivity index (χ4n) is 1.08. The van der Waals surface area contributed by atoms with E-state index >= 15 is 0 Å². The summed E-state index contributed by atoms with van der Waals surface area (Å²) < 4.78 is 5.63. The van der Waals surface area contributed by atoms with Gasteiger partial charge in [-0.2, -0.15) is 0 Å². The van der Waals surface area contributed by atoms with Crippen molar-refractivity contribution < 1.29 is 14.6 Å². The first-order valence-corrected chi connectivity index (χ1v) is 4.43. The van der Waals surface area contributed by atoms with Gasteiger partial charge in [-0.15, -0.1) is 0 Å². The smallest absolute Gasteiger partial charge is 0.167 e. The fraction of sp³-hybridized carbons (Fsp3) is 0.222. The first kappa shape index (κ1) is 10.1. The minimum absolute atomic E-state index is 0.0706. The zero-order chi connectivity index (χ0) is 10.0. The highest BCUT2D eigenvalue weighted by atomic mass is 79.9. The Kier molecular flexibility index (Phi) is 2.93. The SMILES string of the molecule is COc1cc(Br)cc(O)c1C(C)=O. The summed E-state index contributed by atoms with van der Waals surface area (Å²) in [5.74, 6) is 0.0833. The Hall–Kier alpha value is -1.03. The molecule has 0 aliphatic rings. The summed E-state index contributed by atoms with van der Waals surface area (Å²) in [6, 6.07) is 3.09. The fourth-order valence-corrected chi connectivity index (χ4v) is 1.51. The molecule has 0 aliphatic heterocycles. The van der Waals surface area contributed by atoms with E-state index in [4.69, 9.17) is 4.74 Å². The summed E-state index contributed by atoms with van der Waals surface area (Å²) in [6.07, 6.45) is 0. The Morgan fingerprint density at radius 2 is 2.15 bits per heavy atom. The molecule has 13 heavy (non-hydrogen) atoms. The molecule has 1 aromatic carbocycles. The summed E-state index contributed by atoms with van der Waals surface area (Å²) in [7, 11) is 1.45. The molecule has 0 unspecified atom stereocenters. The maximum absolute atomic E-state index is 11.1. The van der Waals surface area contributed by atoms with Crippen LogP contribution in [0.5, 0.6) is 11.5 Å². The van der Waals surface area contributed by atoms with Gasteiger partial charge in [0.05, 0.1) is 7.11 Å². The van der Waals surface area contributed by atoms with Crippen molar-refractivity contribution in [1.82, 2.24) is 0 Å². The maximum Gasteiger partial charge on any atom is 0.167 e. The van der Waals surface area contributed by atoms with Gasteiger partial charge in [0.2, 0.25) is 0 Å². The predicted octanol–water partition coefficient (Wildman–Crippen LogP) is 2.37. The van der Waals surface area contributed by atoms with Gasteiger partial charge in [-0.25, -0.2) is 0 Å². The molecule has 0 saturated carbocycles. The van der Waals surface area contributed by atoms with E-state index in [1.54, 1.807) is 6.07 Å². The molecule has 1 rings (SSSR count). The van der Waals surface area contributed by atoms with Crippen molar-refractivity contribution in [3.8, 4) is 11.5 Å². The number of rotatable bonds is 2. The van der Waals surface area contributed by atoms with Crippen LogP contribution < -0.4 is 4.74 Å². The van der Waals surface area contributed by atoms with Gasteiger partial charge in [-0.3, -0.25) is 4.79 Å². The third-order valence-electron chi connectivity index (χ3n) is 1.62. The molecule has 0 aliphatic carbocycles. The number of Topliss-reactive ketones (excluding diaryl/α,β-unsaturated/α-hetero) is 1. The molecule has 0 saturated heterocycles. The summed E-state index contributed by atoms with van der Waals surface area (Å²) in [5.41, 5.74) is 0.214. The van der Waals surface area contributed by atoms with Crippen molar-refractivity contribution in [2.75, 3.05) is 7.11 Å². The van der Waals surface area contributed by atoms with Crippen molar-refractivity contribution in [2.45, 2.75) is 6.92 Å². The van der Waals surface area contributed by atoms with Gasteiger partial charge in [-0.1, -0.05) is 15.9 Å². The molecule has 3 nitrogen and oxygen atoms in total. The molecule has 0 heterocycles. The standard InChI is InChI=1S/C9H9BrO3/c1-5(11)9-7(12)3-6(10)4-8(9)13-2/h3-4,12H,1-2H3. The first-order chi connectivity index (χ1) is 6.06. The van der Waals surface area contributed by atoms with Gasteiger partial charge in [-0.05, 0) is 19.1 Å². The lowest BCUT2D eigenvalue weighted by Crippen LogP contribution is -1.97. The predicted molar refractivity (Wildman–Crippen MR) is 52.4 cm³/mol. The van der Waals surface area contributed by atoms with E-state index in [0.717, 1.165) is 0 Å². The minimum atomic E-state index is -0.221. The number of hydrogen-bond acceptors (Lipinski definition) is 3. The van der Waals surface area contributed by atoms with Gasteiger partial charge in [0.25, 0.3) is 0 Å². The van der Waals surface area contributed by atoms with Crippen LogP contribution in [0.2, 0.25) is 0 Å². The molecule has 0 aromatic heterocycles. The van der Waals surface area contributed by atoms with Crippen molar-refractivity contribution in [3.63, 3.8) is 0 Å². The number of halogens is 1. The van der Waals surface area contributed by atoms with Crippen LogP contribution in [0.4, 0.5) is 0 Å². The van der Waals surface area contributed by atoms with Gasteiger partial charge >= 0.3 is 0 Å². The van der Waals surface area contributed by atoms with E-state index in [1.165, 1.54) is 20.1 Å². The Morgan fingerprint density at radius 1 is 1.54 bits per heavy atom. The van der Waals surface area contributed by atoms with Crippen LogP contribution in [0, 0.1) is 0 Å². The number of carbonyl (C=O) groups excluding carboxylic acids is 1. The second-order valence-electron chi connectivity index (χ2n) is 2.56. The largest absolute Gasteiger partial charge is 0.507 e. The van der Waals surface area contributed by atoms with E-state index < -0.39 is 0 Å².